The van der Waals surface area contributed by atoms with Crippen LogP contribution in [0.15, 0.2) is 41.6 Å². The molecule has 1 atom stereocenters. The number of ether oxygens (including phenoxy) is 3. The maximum Gasteiger partial charge on any atom is 0.573 e. The minimum atomic E-state index is -4.78. The van der Waals surface area contributed by atoms with E-state index in [0.717, 1.165) is 5.69 Å². The third-order valence-electron chi connectivity index (χ3n) is 4.95. The standard InChI is InChI=1S/C22H22F3N5O4S/c1-14-10-19(30-20(26-14)27-21(28-30)35-2)33-13-17-12-29(8-9-32-17)18(31)7-6-15-4-3-5-16(11-15)34-22(23,24)25/h3-7,10-11,17H,8-9,12-13H2,1-2H3. The summed E-state index contributed by atoms with van der Waals surface area (Å²) in [5, 5.41) is 4.92. The van der Waals surface area contributed by atoms with E-state index in [-0.39, 0.29) is 24.4 Å². The van der Waals surface area contributed by atoms with Gasteiger partial charge in [-0.25, -0.2) is 4.98 Å². The quantitative estimate of drug-likeness (QED) is 0.354. The van der Waals surface area contributed by atoms with Crippen LogP contribution in [0.1, 0.15) is 11.3 Å². The van der Waals surface area contributed by atoms with Crippen LogP contribution in [0.5, 0.6) is 11.6 Å². The molecule has 35 heavy (non-hydrogen) atoms. The molecular weight excluding hydrogens is 487 g/mol. The number of rotatable bonds is 7. The molecule has 0 N–H and O–H groups in total. The normalized spacial score (nSPS) is 16.7. The first-order valence-electron chi connectivity index (χ1n) is 10.6. The highest BCUT2D eigenvalue weighted by Gasteiger charge is 2.31. The molecule has 1 saturated heterocycles. The van der Waals surface area contributed by atoms with E-state index in [9.17, 15) is 18.0 Å². The number of alkyl halides is 3. The smallest absolute Gasteiger partial charge is 0.475 e. The highest BCUT2D eigenvalue weighted by molar-refractivity contribution is 7.98. The van der Waals surface area contributed by atoms with Crippen LogP contribution in [0.2, 0.25) is 0 Å². The van der Waals surface area contributed by atoms with Crippen LogP contribution >= 0.6 is 11.8 Å². The summed E-state index contributed by atoms with van der Waals surface area (Å²) in [5.74, 6) is 0.255. The number of carbonyl (C=O) groups excluding carboxylic acids is 1. The van der Waals surface area contributed by atoms with Crippen molar-refractivity contribution in [1.29, 1.82) is 0 Å². The second kappa shape index (κ2) is 10.5. The first-order valence-corrected chi connectivity index (χ1v) is 11.8. The number of morpholine rings is 1. The Morgan fingerprint density at radius 2 is 2.14 bits per heavy atom. The number of aryl methyl sites for hydroxylation is 1. The molecule has 1 amide bonds. The molecule has 1 aliphatic heterocycles. The number of carbonyl (C=O) groups is 1. The molecule has 0 saturated carbocycles. The molecule has 186 valence electrons. The van der Waals surface area contributed by atoms with Crippen molar-refractivity contribution in [2.24, 2.45) is 0 Å². The van der Waals surface area contributed by atoms with Gasteiger partial charge < -0.3 is 19.1 Å². The summed E-state index contributed by atoms with van der Waals surface area (Å²) >= 11 is 1.39. The fourth-order valence-electron chi connectivity index (χ4n) is 3.41. The van der Waals surface area contributed by atoms with Gasteiger partial charge in [0.05, 0.1) is 13.2 Å². The van der Waals surface area contributed by atoms with Crippen molar-refractivity contribution < 1.29 is 32.2 Å². The van der Waals surface area contributed by atoms with Crippen molar-refractivity contribution in [3.8, 4) is 11.6 Å². The number of benzene rings is 1. The maximum absolute atomic E-state index is 12.7. The van der Waals surface area contributed by atoms with Gasteiger partial charge in [0.2, 0.25) is 16.9 Å². The average molecular weight is 510 g/mol. The lowest BCUT2D eigenvalue weighted by Crippen LogP contribution is -2.47. The summed E-state index contributed by atoms with van der Waals surface area (Å²) < 4.78 is 54.4. The molecule has 1 aromatic carbocycles. The van der Waals surface area contributed by atoms with E-state index in [1.54, 1.807) is 17.0 Å². The van der Waals surface area contributed by atoms with Gasteiger partial charge in [0.1, 0.15) is 18.5 Å². The number of aromatic nitrogens is 4. The maximum atomic E-state index is 12.7. The van der Waals surface area contributed by atoms with E-state index in [1.807, 2.05) is 13.2 Å². The number of nitrogens with zero attached hydrogens (tertiary/aromatic N) is 5. The predicted molar refractivity (Wildman–Crippen MR) is 121 cm³/mol. The Balaban J connectivity index is 1.36. The number of halogens is 3. The Morgan fingerprint density at radius 1 is 1.31 bits per heavy atom. The molecule has 1 unspecified atom stereocenters. The van der Waals surface area contributed by atoms with Crippen LogP contribution in [0.4, 0.5) is 13.2 Å². The lowest BCUT2D eigenvalue weighted by Gasteiger charge is -2.32. The SMILES string of the molecule is CSc1nc2nc(C)cc(OCC3CN(C(=O)C=Cc4cccc(OC(F)(F)F)c4)CCO3)n2n1. The predicted octanol–water partition coefficient (Wildman–Crippen LogP) is 3.37. The molecule has 2 aromatic heterocycles. The van der Waals surface area contributed by atoms with Gasteiger partial charge in [-0.3, -0.25) is 4.79 Å². The fourth-order valence-corrected chi connectivity index (χ4v) is 3.75. The van der Waals surface area contributed by atoms with Crippen LogP contribution in [-0.2, 0) is 9.53 Å². The van der Waals surface area contributed by atoms with E-state index in [4.69, 9.17) is 9.47 Å². The van der Waals surface area contributed by atoms with Crippen molar-refractivity contribution in [1.82, 2.24) is 24.5 Å². The average Bonchev–Trinajstić information content (AvgIpc) is 3.23. The van der Waals surface area contributed by atoms with Crippen LogP contribution < -0.4 is 9.47 Å². The zero-order chi connectivity index (χ0) is 25.0. The Labute approximate surface area is 202 Å². The van der Waals surface area contributed by atoms with E-state index < -0.39 is 6.36 Å². The zero-order valence-corrected chi connectivity index (χ0v) is 19.7. The summed E-state index contributed by atoms with van der Waals surface area (Å²) in [5.41, 5.74) is 1.13. The van der Waals surface area contributed by atoms with Gasteiger partial charge in [0.25, 0.3) is 5.78 Å². The van der Waals surface area contributed by atoms with Gasteiger partial charge in [0, 0.05) is 24.4 Å². The van der Waals surface area contributed by atoms with Gasteiger partial charge in [-0.1, -0.05) is 23.9 Å². The monoisotopic (exact) mass is 509 g/mol. The molecule has 4 rings (SSSR count). The Bertz CT molecular complexity index is 1230. The minimum absolute atomic E-state index is 0.178. The zero-order valence-electron chi connectivity index (χ0n) is 18.9. The summed E-state index contributed by atoms with van der Waals surface area (Å²) in [6, 6.07) is 7.14. The summed E-state index contributed by atoms with van der Waals surface area (Å²) in [7, 11) is 0. The summed E-state index contributed by atoms with van der Waals surface area (Å²) in [4.78, 5) is 22.9. The molecule has 0 spiro atoms. The van der Waals surface area contributed by atoms with Gasteiger partial charge >= 0.3 is 6.36 Å². The second-order valence-electron chi connectivity index (χ2n) is 7.59. The van der Waals surface area contributed by atoms with E-state index in [0.29, 0.717) is 42.1 Å². The first-order chi connectivity index (χ1) is 16.7. The van der Waals surface area contributed by atoms with Crippen molar-refractivity contribution in [2.75, 3.05) is 32.6 Å². The van der Waals surface area contributed by atoms with E-state index >= 15 is 0 Å². The van der Waals surface area contributed by atoms with Crippen molar-refractivity contribution in [3.63, 3.8) is 0 Å². The molecular formula is C22H22F3N5O4S. The molecule has 3 heterocycles. The fraction of sp³-hybridized carbons (Fsp3) is 0.364. The Morgan fingerprint density at radius 3 is 2.91 bits per heavy atom. The van der Waals surface area contributed by atoms with Crippen LogP contribution in [0.25, 0.3) is 11.9 Å². The molecule has 3 aromatic rings. The van der Waals surface area contributed by atoms with Gasteiger partial charge in [-0.2, -0.15) is 9.50 Å². The van der Waals surface area contributed by atoms with Gasteiger partial charge in [-0.05, 0) is 37.0 Å². The Kier molecular flexibility index (Phi) is 7.45. The third kappa shape index (κ3) is 6.63. The number of amides is 1. The lowest BCUT2D eigenvalue weighted by molar-refractivity contribution is -0.274. The van der Waals surface area contributed by atoms with Crippen molar-refractivity contribution >= 4 is 29.5 Å². The highest BCUT2D eigenvalue weighted by atomic mass is 32.2. The largest absolute Gasteiger partial charge is 0.573 e. The summed E-state index contributed by atoms with van der Waals surface area (Å²) in [6.45, 7) is 3.01. The first kappa shape index (κ1) is 24.8. The lowest BCUT2D eigenvalue weighted by atomic mass is 10.2. The van der Waals surface area contributed by atoms with Crippen LogP contribution in [-0.4, -0.2) is 75.4 Å². The number of hydrogen-bond donors (Lipinski definition) is 0. The third-order valence-corrected chi connectivity index (χ3v) is 5.49. The molecule has 9 nitrogen and oxygen atoms in total. The topological polar surface area (TPSA) is 91.1 Å². The molecule has 0 radical (unpaired) electrons. The number of hydrogen-bond acceptors (Lipinski definition) is 8. The number of fused-ring (bicyclic) bond motifs is 1. The van der Waals surface area contributed by atoms with E-state index in [1.165, 1.54) is 46.6 Å². The van der Waals surface area contributed by atoms with Crippen molar-refractivity contribution in [3.05, 3.63) is 47.7 Å². The molecule has 13 heteroatoms. The highest BCUT2D eigenvalue weighted by Crippen LogP contribution is 2.24. The minimum Gasteiger partial charge on any atom is -0.475 e. The molecule has 1 aliphatic rings. The molecule has 0 aliphatic carbocycles. The van der Waals surface area contributed by atoms with E-state index in [2.05, 4.69) is 19.8 Å². The molecule has 1 fully saturated rings. The Hall–Kier alpha value is -3.32. The van der Waals surface area contributed by atoms with Crippen LogP contribution in [0, 0.1) is 6.92 Å². The van der Waals surface area contributed by atoms with Crippen LogP contribution in [0.3, 0.4) is 0 Å². The van der Waals surface area contributed by atoms with Gasteiger partial charge in [-0.15, -0.1) is 18.3 Å². The van der Waals surface area contributed by atoms with Crippen molar-refractivity contribution in [2.45, 2.75) is 24.5 Å². The summed E-state index contributed by atoms with van der Waals surface area (Å²) in [6.07, 6.45) is -0.543. The second-order valence-corrected chi connectivity index (χ2v) is 8.36. The molecule has 0 bridgehead atoms. The van der Waals surface area contributed by atoms with Gasteiger partial charge in [0.15, 0.2) is 0 Å². The number of thioether (sulfide) groups is 1.